The molecule has 33 heavy (non-hydrogen) atoms. The number of rotatable bonds is 6. The van der Waals surface area contributed by atoms with Crippen molar-refractivity contribution in [3.05, 3.63) is 87.2 Å². The van der Waals surface area contributed by atoms with Crippen LogP contribution in [0.2, 0.25) is 5.02 Å². The molecule has 0 unspecified atom stereocenters. The van der Waals surface area contributed by atoms with Crippen LogP contribution in [0.3, 0.4) is 0 Å². The molecule has 0 aliphatic carbocycles. The number of thioether (sulfide) groups is 1. The predicted molar refractivity (Wildman–Crippen MR) is 121 cm³/mol. The third kappa shape index (κ3) is 5.12. The summed E-state index contributed by atoms with van der Waals surface area (Å²) in [6.45, 7) is 2.31. The van der Waals surface area contributed by atoms with Gasteiger partial charge in [0.2, 0.25) is 5.43 Å². The van der Waals surface area contributed by atoms with Gasteiger partial charge in [-0.15, -0.1) is 10.2 Å². The normalized spacial score (nSPS) is 11.7. The van der Waals surface area contributed by atoms with Gasteiger partial charge in [-0.05, 0) is 42.8 Å². The highest BCUT2D eigenvalue weighted by Gasteiger charge is 2.30. The van der Waals surface area contributed by atoms with Gasteiger partial charge < -0.3 is 4.57 Å². The van der Waals surface area contributed by atoms with Crippen molar-refractivity contribution in [2.45, 2.75) is 30.6 Å². The summed E-state index contributed by atoms with van der Waals surface area (Å²) >= 11 is 7.18. The fourth-order valence-electron chi connectivity index (χ4n) is 3.14. The molecule has 170 valence electrons. The summed E-state index contributed by atoms with van der Waals surface area (Å²) < 4.78 is 42.2. The first-order chi connectivity index (χ1) is 15.8. The zero-order chi connectivity index (χ0) is 23.6. The van der Waals surface area contributed by atoms with Gasteiger partial charge in [-0.3, -0.25) is 4.79 Å². The SMILES string of the molecule is CCn1c(SCc2cccc(C(F)(F)F)c2)nnc1-c1nn(-c2ccc(Cl)cc2)ccc1=O. The maximum atomic E-state index is 13.0. The van der Waals surface area contributed by atoms with Gasteiger partial charge in [-0.1, -0.05) is 41.6 Å². The third-order valence-corrected chi connectivity index (χ3v) is 6.06. The summed E-state index contributed by atoms with van der Waals surface area (Å²) in [7, 11) is 0. The molecule has 0 radical (unpaired) electrons. The molecular weight excluding hydrogens is 475 g/mol. The van der Waals surface area contributed by atoms with Crippen LogP contribution in [-0.4, -0.2) is 24.5 Å². The zero-order valence-electron chi connectivity index (χ0n) is 17.3. The Kier molecular flexibility index (Phi) is 6.57. The van der Waals surface area contributed by atoms with Crippen LogP contribution in [-0.2, 0) is 18.5 Å². The van der Waals surface area contributed by atoms with Crippen LogP contribution in [0.5, 0.6) is 0 Å². The van der Waals surface area contributed by atoms with E-state index in [9.17, 15) is 18.0 Å². The fraction of sp³-hybridized carbons (Fsp3) is 0.182. The van der Waals surface area contributed by atoms with Gasteiger partial charge in [0, 0.05) is 29.6 Å². The van der Waals surface area contributed by atoms with Crippen LogP contribution in [0.1, 0.15) is 18.1 Å². The van der Waals surface area contributed by atoms with Gasteiger partial charge in [0.05, 0.1) is 11.3 Å². The Bertz CT molecular complexity index is 1340. The Morgan fingerprint density at radius 3 is 2.52 bits per heavy atom. The molecule has 0 amide bonds. The molecule has 2 aromatic heterocycles. The average Bonchev–Trinajstić information content (AvgIpc) is 3.21. The highest BCUT2D eigenvalue weighted by Crippen LogP contribution is 2.31. The molecule has 0 fully saturated rings. The van der Waals surface area contributed by atoms with E-state index < -0.39 is 11.7 Å². The van der Waals surface area contributed by atoms with Crippen LogP contribution in [0, 0.1) is 0 Å². The van der Waals surface area contributed by atoms with Crippen molar-refractivity contribution in [3.8, 4) is 17.2 Å². The predicted octanol–water partition coefficient (Wildman–Crippen LogP) is 5.48. The summed E-state index contributed by atoms with van der Waals surface area (Å²) in [6.07, 6.45) is -2.86. The number of aromatic nitrogens is 5. The van der Waals surface area contributed by atoms with E-state index in [2.05, 4.69) is 15.3 Å². The standard InChI is InChI=1S/C22H17ClF3N5OS/c1-2-30-20(19-18(32)10-11-31(29-19)17-8-6-16(23)7-9-17)27-28-21(30)33-13-14-4-3-5-15(12-14)22(24,25)26/h3-12H,2,13H2,1H3. The zero-order valence-corrected chi connectivity index (χ0v) is 18.8. The maximum absolute atomic E-state index is 13.0. The summed E-state index contributed by atoms with van der Waals surface area (Å²) in [4.78, 5) is 12.6. The van der Waals surface area contributed by atoms with E-state index in [0.717, 1.165) is 12.1 Å². The Balaban J connectivity index is 1.63. The third-order valence-electron chi connectivity index (χ3n) is 4.77. The molecule has 4 aromatic rings. The van der Waals surface area contributed by atoms with Gasteiger partial charge in [0.1, 0.15) is 0 Å². The summed E-state index contributed by atoms with van der Waals surface area (Å²) in [6, 6.07) is 13.5. The van der Waals surface area contributed by atoms with E-state index in [1.165, 1.54) is 28.6 Å². The summed E-state index contributed by atoms with van der Waals surface area (Å²) in [5.41, 5.74) is 0.311. The molecule has 0 saturated heterocycles. The molecular formula is C22H17ClF3N5OS. The first-order valence-electron chi connectivity index (χ1n) is 9.84. The highest BCUT2D eigenvalue weighted by molar-refractivity contribution is 7.98. The number of benzene rings is 2. The van der Waals surface area contributed by atoms with E-state index in [1.54, 1.807) is 41.1 Å². The van der Waals surface area contributed by atoms with Crippen LogP contribution >= 0.6 is 23.4 Å². The quantitative estimate of drug-likeness (QED) is 0.334. The Labute approximate surface area is 196 Å². The van der Waals surface area contributed by atoms with Crippen molar-refractivity contribution in [2.24, 2.45) is 0 Å². The van der Waals surface area contributed by atoms with Crippen LogP contribution in [0.25, 0.3) is 17.2 Å². The second-order valence-corrected chi connectivity index (χ2v) is 8.37. The Morgan fingerprint density at radius 2 is 1.82 bits per heavy atom. The number of nitrogens with zero attached hydrogens (tertiary/aromatic N) is 5. The Morgan fingerprint density at radius 1 is 1.06 bits per heavy atom. The van der Waals surface area contributed by atoms with E-state index in [0.29, 0.717) is 28.0 Å². The van der Waals surface area contributed by atoms with E-state index in [4.69, 9.17) is 11.6 Å². The smallest absolute Gasteiger partial charge is 0.301 e. The average molecular weight is 492 g/mol. The Hall–Kier alpha value is -3.11. The maximum Gasteiger partial charge on any atom is 0.416 e. The van der Waals surface area contributed by atoms with Gasteiger partial charge >= 0.3 is 6.18 Å². The molecule has 6 nitrogen and oxygen atoms in total. The van der Waals surface area contributed by atoms with E-state index in [1.807, 2.05) is 6.92 Å². The van der Waals surface area contributed by atoms with Crippen molar-refractivity contribution < 1.29 is 13.2 Å². The summed E-state index contributed by atoms with van der Waals surface area (Å²) in [5, 5.41) is 13.8. The fourth-order valence-corrected chi connectivity index (χ4v) is 4.21. The molecule has 2 aromatic carbocycles. The summed E-state index contributed by atoms with van der Waals surface area (Å²) in [5.74, 6) is 0.552. The van der Waals surface area contributed by atoms with Gasteiger partial charge in [0.15, 0.2) is 16.7 Å². The number of hydrogen-bond donors (Lipinski definition) is 0. The molecule has 2 heterocycles. The molecule has 0 aliphatic rings. The van der Waals surface area contributed by atoms with Crippen molar-refractivity contribution in [3.63, 3.8) is 0 Å². The van der Waals surface area contributed by atoms with E-state index >= 15 is 0 Å². The molecule has 0 spiro atoms. The minimum Gasteiger partial charge on any atom is -0.301 e. The topological polar surface area (TPSA) is 65.6 Å². The van der Waals surface area contributed by atoms with Crippen LogP contribution < -0.4 is 5.43 Å². The highest BCUT2D eigenvalue weighted by atomic mass is 35.5. The molecule has 0 aliphatic heterocycles. The largest absolute Gasteiger partial charge is 0.416 e. The minimum absolute atomic E-state index is 0.118. The lowest BCUT2D eigenvalue weighted by Crippen LogP contribution is -2.15. The molecule has 11 heteroatoms. The first-order valence-corrected chi connectivity index (χ1v) is 11.2. The monoisotopic (exact) mass is 491 g/mol. The second kappa shape index (κ2) is 9.40. The van der Waals surface area contributed by atoms with Crippen molar-refractivity contribution in [2.75, 3.05) is 0 Å². The number of alkyl halides is 3. The van der Waals surface area contributed by atoms with Gasteiger partial charge in [-0.2, -0.15) is 18.3 Å². The second-order valence-electron chi connectivity index (χ2n) is 6.99. The lowest BCUT2D eigenvalue weighted by atomic mass is 10.1. The number of hydrogen-bond acceptors (Lipinski definition) is 5. The number of halogens is 4. The van der Waals surface area contributed by atoms with Crippen molar-refractivity contribution in [1.82, 2.24) is 24.5 Å². The van der Waals surface area contributed by atoms with Crippen molar-refractivity contribution >= 4 is 23.4 Å². The van der Waals surface area contributed by atoms with Crippen LogP contribution in [0.4, 0.5) is 13.2 Å². The lowest BCUT2D eigenvalue weighted by molar-refractivity contribution is -0.137. The van der Waals surface area contributed by atoms with Crippen molar-refractivity contribution in [1.29, 1.82) is 0 Å². The molecule has 0 saturated carbocycles. The molecule has 0 atom stereocenters. The first kappa shape index (κ1) is 23.1. The lowest BCUT2D eigenvalue weighted by Gasteiger charge is -2.10. The van der Waals surface area contributed by atoms with Crippen LogP contribution in [0.15, 0.2) is 70.7 Å². The molecule has 4 rings (SSSR count). The molecule has 0 N–H and O–H groups in total. The van der Waals surface area contributed by atoms with E-state index in [-0.39, 0.29) is 22.7 Å². The minimum atomic E-state index is -4.40. The molecule has 0 bridgehead atoms. The van der Waals surface area contributed by atoms with Gasteiger partial charge in [0.25, 0.3) is 0 Å². The van der Waals surface area contributed by atoms with Gasteiger partial charge in [-0.25, -0.2) is 4.68 Å².